The first-order valence-corrected chi connectivity index (χ1v) is 6.52. The molecule has 0 amide bonds. The van der Waals surface area contributed by atoms with Crippen molar-refractivity contribution < 1.29 is 14.3 Å². The molecule has 1 aromatic carbocycles. The molecule has 1 heterocycles. The maximum absolute atomic E-state index is 10.8. The highest BCUT2D eigenvalue weighted by Crippen LogP contribution is 2.20. The quantitative estimate of drug-likeness (QED) is 0.877. The van der Waals surface area contributed by atoms with E-state index in [1.807, 2.05) is 44.2 Å². The summed E-state index contributed by atoms with van der Waals surface area (Å²) in [4.78, 5) is 16.9. The van der Waals surface area contributed by atoms with Gasteiger partial charge in [0, 0.05) is 11.6 Å². The fourth-order valence-electron chi connectivity index (χ4n) is 1.89. The van der Waals surface area contributed by atoms with E-state index in [2.05, 4.69) is 4.98 Å². The Hall–Kier alpha value is -2.14. The van der Waals surface area contributed by atoms with E-state index < -0.39 is 5.97 Å². The highest BCUT2D eigenvalue weighted by molar-refractivity contribution is 5.69. The largest absolute Gasteiger partial charge is 0.480 e. The second-order valence-corrected chi connectivity index (χ2v) is 4.88. The number of carbonyl (C=O) groups is 1. The lowest BCUT2D eigenvalue weighted by atomic mass is 10.2. The number of hydrogen-bond acceptors (Lipinski definition) is 4. The molecule has 0 aliphatic carbocycles. The molecule has 0 saturated carbocycles. The van der Waals surface area contributed by atoms with Crippen LogP contribution in [-0.4, -0.2) is 33.5 Å². The summed E-state index contributed by atoms with van der Waals surface area (Å²) >= 11 is 0. The van der Waals surface area contributed by atoms with Crippen LogP contribution in [0.4, 0.5) is 0 Å². The molecule has 0 spiro atoms. The molecule has 2 rings (SSSR count). The third-order valence-electron chi connectivity index (χ3n) is 3.02. The predicted molar refractivity (Wildman–Crippen MR) is 75.1 cm³/mol. The highest BCUT2D eigenvalue weighted by atomic mass is 16.4. The maximum atomic E-state index is 10.8. The molecule has 20 heavy (non-hydrogen) atoms. The van der Waals surface area contributed by atoms with Gasteiger partial charge < -0.3 is 9.52 Å². The van der Waals surface area contributed by atoms with Crippen molar-refractivity contribution in [3.05, 3.63) is 42.4 Å². The number of hydrogen-bond donors (Lipinski definition) is 1. The Labute approximate surface area is 117 Å². The van der Waals surface area contributed by atoms with Crippen LogP contribution in [0.1, 0.15) is 19.7 Å². The smallest absolute Gasteiger partial charge is 0.317 e. The van der Waals surface area contributed by atoms with E-state index in [9.17, 15) is 4.79 Å². The van der Waals surface area contributed by atoms with Gasteiger partial charge in [-0.25, -0.2) is 4.98 Å². The van der Waals surface area contributed by atoms with Crippen LogP contribution in [0.15, 0.2) is 40.9 Å². The molecular formula is C15H18N2O3. The average molecular weight is 274 g/mol. The molecule has 0 fully saturated rings. The lowest BCUT2D eigenvalue weighted by molar-refractivity contribution is -0.139. The zero-order valence-electron chi connectivity index (χ0n) is 11.6. The van der Waals surface area contributed by atoms with Gasteiger partial charge in [-0.1, -0.05) is 30.3 Å². The van der Waals surface area contributed by atoms with Gasteiger partial charge in [0.1, 0.15) is 0 Å². The molecule has 5 heteroatoms. The van der Waals surface area contributed by atoms with Crippen LogP contribution in [0.3, 0.4) is 0 Å². The minimum absolute atomic E-state index is 0.0271. The van der Waals surface area contributed by atoms with E-state index >= 15 is 0 Å². The molecule has 0 bridgehead atoms. The fourth-order valence-corrected chi connectivity index (χ4v) is 1.89. The fraction of sp³-hybridized carbons (Fsp3) is 0.333. The SMILES string of the molecule is CC(C)N(CC(=O)O)Cc1ncc(-c2ccccc2)o1. The predicted octanol–water partition coefficient (Wildman–Crippen LogP) is 2.64. The molecule has 106 valence electrons. The molecule has 5 nitrogen and oxygen atoms in total. The third-order valence-corrected chi connectivity index (χ3v) is 3.02. The minimum atomic E-state index is -0.853. The Bertz CT molecular complexity index is 564. The maximum Gasteiger partial charge on any atom is 0.317 e. The Morgan fingerprint density at radius 2 is 2.05 bits per heavy atom. The first kappa shape index (κ1) is 14.3. The highest BCUT2D eigenvalue weighted by Gasteiger charge is 2.16. The molecule has 0 aliphatic rings. The number of carboxylic acid groups (broad SMARTS) is 1. The Balaban J connectivity index is 2.10. The van der Waals surface area contributed by atoms with E-state index in [0.29, 0.717) is 18.2 Å². The summed E-state index contributed by atoms with van der Waals surface area (Å²) in [6.45, 7) is 4.26. The van der Waals surface area contributed by atoms with E-state index in [0.717, 1.165) is 5.56 Å². The van der Waals surface area contributed by atoms with Crippen molar-refractivity contribution in [3.63, 3.8) is 0 Å². The first-order valence-electron chi connectivity index (χ1n) is 6.52. The van der Waals surface area contributed by atoms with Gasteiger partial charge in [0.2, 0.25) is 5.89 Å². The van der Waals surface area contributed by atoms with Crippen LogP contribution < -0.4 is 0 Å². The van der Waals surface area contributed by atoms with E-state index in [-0.39, 0.29) is 12.6 Å². The summed E-state index contributed by atoms with van der Waals surface area (Å²) in [5.74, 6) is 0.368. The van der Waals surface area contributed by atoms with Gasteiger partial charge in [0.25, 0.3) is 0 Å². The molecule has 0 aliphatic heterocycles. The molecule has 0 unspecified atom stereocenters. The van der Waals surface area contributed by atoms with E-state index in [1.54, 1.807) is 11.1 Å². The Morgan fingerprint density at radius 1 is 1.35 bits per heavy atom. The minimum Gasteiger partial charge on any atom is -0.480 e. The van der Waals surface area contributed by atoms with Gasteiger partial charge in [0.15, 0.2) is 5.76 Å². The van der Waals surface area contributed by atoms with Gasteiger partial charge in [-0.15, -0.1) is 0 Å². The summed E-state index contributed by atoms with van der Waals surface area (Å²) in [7, 11) is 0. The molecule has 1 aromatic heterocycles. The Morgan fingerprint density at radius 3 is 2.65 bits per heavy atom. The standard InChI is InChI=1S/C15H18N2O3/c1-11(2)17(10-15(18)19)9-14-16-8-13(20-14)12-6-4-3-5-7-12/h3-8,11H,9-10H2,1-2H3,(H,18,19). The van der Waals surface area contributed by atoms with Crippen molar-refractivity contribution in [2.75, 3.05) is 6.54 Å². The van der Waals surface area contributed by atoms with Crippen LogP contribution >= 0.6 is 0 Å². The molecular weight excluding hydrogens is 256 g/mol. The number of rotatable bonds is 6. The van der Waals surface area contributed by atoms with Gasteiger partial charge in [-0.3, -0.25) is 9.69 Å². The van der Waals surface area contributed by atoms with Crippen molar-refractivity contribution in [2.24, 2.45) is 0 Å². The average Bonchev–Trinajstić information content (AvgIpc) is 2.87. The molecule has 2 aromatic rings. The van der Waals surface area contributed by atoms with E-state index in [1.165, 1.54) is 0 Å². The summed E-state index contributed by atoms with van der Waals surface area (Å²) in [5.41, 5.74) is 0.959. The number of nitrogens with zero attached hydrogens (tertiary/aromatic N) is 2. The molecule has 1 N–H and O–H groups in total. The van der Waals surface area contributed by atoms with E-state index in [4.69, 9.17) is 9.52 Å². The lowest BCUT2D eigenvalue weighted by Gasteiger charge is -2.22. The van der Waals surface area contributed by atoms with Crippen LogP contribution in [0.5, 0.6) is 0 Å². The van der Waals surface area contributed by atoms with Crippen molar-refractivity contribution in [1.29, 1.82) is 0 Å². The van der Waals surface area contributed by atoms with Crippen LogP contribution in [0, 0.1) is 0 Å². The van der Waals surface area contributed by atoms with Crippen LogP contribution in [-0.2, 0) is 11.3 Å². The van der Waals surface area contributed by atoms with Crippen LogP contribution in [0.25, 0.3) is 11.3 Å². The van der Waals surface area contributed by atoms with Gasteiger partial charge in [0.05, 0.1) is 19.3 Å². The zero-order chi connectivity index (χ0) is 14.5. The normalized spacial score (nSPS) is 11.2. The summed E-state index contributed by atoms with van der Waals surface area (Å²) < 4.78 is 5.69. The second kappa shape index (κ2) is 6.34. The number of aliphatic carboxylic acids is 1. The molecule has 0 saturated heterocycles. The summed E-state index contributed by atoms with van der Waals surface area (Å²) in [6.07, 6.45) is 1.67. The van der Waals surface area contributed by atoms with Gasteiger partial charge >= 0.3 is 5.97 Å². The number of aromatic nitrogens is 1. The monoisotopic (exact) mass is 274 g/mol. The van der Waals surface area contributed by atoms with Crippen molar-refractivity contribution in [2.45, 2.75) is 26.4 Å². The number of oxazole rings is 1. The topological polar surface area (TPSA) is 66.6 Å². The number of benzene rings is 1. The van der Waals surface area contributed by atoms with Gasteiger partial charge in [-0.2, -0.15) is 0 Å². The Kier molecular flexibility index (Phi) is 4.53. The molecule has 0 radical (unpaired) electrons. The zero-order valence-corrected chi connectivity index (χ0v) is 11.6. The summed E-state index contributed by atoms with van der Waals surface area (Å²) in [6, 6.07) is 9.81. The second-order valence-electron chi connectivity index (χ2n) is 4.88. The van der Waals surface area contributed by atoms with Crippen molar-refractivity contribution >= 4 is 5.97 Å². The first-order chi connectivity index (χ1) is 9.56. The van der Waals surface area contributed by atoms with Crippen molar-refractivity contribution in [1.82, 2.24) is 9.88 Å². The third kappa shape index (κ3) is 3.68. The summed E-state index contributed by atoms with van der Waals surface area (Å²) in [5, 5.41) is 8.90. The van der Waals surface area contributed by atoms with Crippen molar-refractivity contribution in [3.8, 4) is 11.3 Å². The van der Waals surface area contributed by atoms with Gasteiger partial charge in [-0.05, 0) is 13.8 Å². The lowest BCUT2D eigenvalue weighted by Crippen LogP contribution is -2.35. The van der Waals surface area contributed by atoms with Crippen LogP contribution in [0.2, 0.25) is 0 Å². The number of carboxylic acids is 1. The molecule has 0 atom stereocenters.